The molecule has 0 fully saturated rings. The number of aryl methyl sites for hydroxylation is 1. The van der Waals surface area contributed by atoms with E-state index in [-0.39, 0.29) is 12.1 Å². The van der Waals surface area contributed by atoms with E-state index in [2.05, 4.69) is 10.6 Å². The average Bonchev–Trinajstić information content (AvgIpc) is 2.55. The second kappa shape index (κ2) is 7.69. The highest BCUT2D eigenvalue weighted by atomic mass is 19.2. The summed E-state index contributed by atoms with van der Waals surface area (Å²) >= 11 is 0. The molecule has 0 spiro atoms. The summed E-state index contributed by atoms with van der Waals surface area (Å²) in [7, 11) is 0. The number of halogens is 2. The van der Waals surface area contributed by atoms with E-state index in [1.165, 1.54) is 6.07 Å². The van der Waals surface area contributed by atoms with Gasteiger partial charge in [-0.2, -0.15) is 0 Å². The molecule has 122 valence electrons. The standard InChI is InChI=1S/C17H18F2N2O2/c1-2-11-4-3-5-13(8-11)21-17(23)20-10-16(22)12-6-7-14(18)15(19)9-12/h3-9,16,22H,2,10H2,1H3,(H2,20,21,23). The summed E-state index contributed by atoms with van der Waals surface area (Å²) < 4.78 is 26.0. The number of urea groups is 1. The molecular weight excluding hydrogens is 302 g/mol. The fourth-order valence-electron chi connectivity index (χ4n) is 2.07. The number of rotatable bonds is 5. The summed E-state index contributed by atoms with van der Waals surface area (Å²) in [5.41, 5.74) is 1.92. The van der Waals surface area contributed by atoms with Crippen LogP contribution in [0.15, 0.2) is 42.5 Å². The maximum atomic E-state index is 13.1. The van der Waals surface area contributed by atoms with E-state index in [1.54, 1.807) is 6.07 Å². The summed E-state index contributed by atoms with van der Waals surface area (Å²) in [5, 5.41) is 15.0. The first-order valence-corrected chi connectivity index (χ1v) is 7.26. The molecule has 0 aliphatic rings. The van der Waals surface area contributed by atoms with E-state index in [1.807, 2.05) is 25.1 Å². The number of aliphatic hydroxyl groups is 1. The van der Waals surface area contributed by atoms with Crippen LogP contribution in [0.2, 0.25) is 0 Å². The molecule has 0 saturated carbocycles. The first kappa shape index (κ1) is 16.9. The Labute approximate surface area is 133 Å². The molecule has 2 aromatic rings. The Kier molecular flexibility index (Phi) is 5.65. The summed E-state index contributed by atoms with van der Waals surface area (Å²) in [6.07, 6.45) is -0.274. The zero-order valence-corrected chi connectivity index (χ0v) is 12.6. The molecule has 0 aromatic heterocycles. The van der Waals surface area contributed by atoms with Crippen LogP contribution in [0.1, 0.15) is 24.2 Å². The molecule has 6 heteroatoms. The Morgan fingerprint density at radius 3 is 2.65 bits per heavy atom. The maximum Gasteiger partial charge on any atom is 0.319 e. The van der Waals surface area contributed by atoms with Gasteiger partial charge in [0.1, 0.15) is 0 Å². The molecule has 2 rings (SSSR count). The molecule has 0 bridgehead atoms. The molecule has 2 amide bonds. The van der Waals surface area contributed by atoms with Crippen LogP contribution in [0.4, 0.5) is 19.3 Å². The number of carbonyl (C=O) groups is 1. The zero-order chi connectivity index (χ0) is 16.8. The lowest BCUT2D eigenvalue weighted by Crippen LogP contribution is -2.32. The summed E-state index contributed by atoms with van der Waals surface area (Å²) in [6, 6.07) is 10.0. The fraction of sp³-hybridized carbons (Fsp3) is 0.235. The van der Waals surface area contributed by atoms with Gasteiger partial charge in [0.15, 0.2) is 11.6 Å². The normalized spacial score (nSPS) is 11.8. The van der Waals surface area contributed by atoms with E-state index in [9.17, 15) is 18.7 Å². The van der Waals surface area contributed by atoms with Crippen molar-refractivity contribution in [1.82, 2.24) is 5.32 Å². The van der Waals surface area contributed by atoms with E-state index < -0.39 is 23.8 Å². The number of hydrogen-bond donors (Lipinski definition) is 3. The zero-order valence-electron chi connectivity index (χ0n) is 12.6. The van der Waals surface area contributed by atoms with Gasteiger partial charge in [0.05, 0.1) is 6.10 Å². The number of nitrogens with one attached hydrogen (secondary N) is 2. The van der Waals surface area contributed by atoms with Crippen LogP contribution in [0.3, 0.4) is 0 Å². The van der Waals surface area contributed by atoms with Gasteiger partial charge in [0.2, 0.25) is 0 Å². The largest absolute Gasteiger partial charge is 0.387 e. The molecule has 0 saturated heterocycles. The van der Waals surface area contributed by atoms with Gasteiger partial charge >= 0.3 is 6.03 Å². The molecule has 2 aromatic carbocycles. The van der Waals surface area contributed by atoms with Gasteiger partial charge in [-0.3, -0.25) is 0 Å². The van der Waals surface area contributed by atoms with E-state index in [0.29, 0.717) is 5.69 Å². The molecule has 0 radical (unpaired) electrons. The molecule has 1 unspecified atom stereocenters. The van der Waals surface area contributed by atoms with Gasteiger partial charge in [0.25, 0.3) is 0 Å². The van der Waals surface area contributed by atoms with Crippen molar-refractivity contribution in [1.29, 1.82) is 0 Å². The number of anilines is 1. The number of aliphatic hydroxyl groups excluding tert-OH is 1. The lowest BCUT2D eigenvalue weighted by Gasteiger charge is -2.13. The second-order valence-corrected chi connectivity index (χ2v) is 5.08. The quantitative estimate of drug-likeness (QED) is 0.791. The van der Waals surface area contributed by atoms with Gasteiger partial charge in [0, 0.05) is 12.2 Å². The minimum atomic E-state index is -1.13. The summed E-state index contributed by atoms with van der Waals surface area (Å²) in [6.45, 7) is 1.89. The SMILES string of the molecule is CCc1cccc(NC(=O)NCC(O)c2ccc(F)c(F)c2)c1. The average molecular weight is 320 g/mol. The van der Waals surface area contributed by atoms with Crippen LogP contribution < -0.4 is 10.6 Å². The Hall–Kier alpha value is -2.47. The van der Waals surface area contributed by atoms with Crippen LogP contribution in [-0.4, -0.2) is 17.7 Å². The van der Waals surface area contributed by atoms with Crippen LogP contribution >= 0.6 is 0 Å². The van der Waals surface area contributed by atoms with E-state index in [0.717, 1.165) is 24.1 Å². The Balaban J connectivity index is 1.89. The lowest BCUT2D eigenvalue weighted by molar-refractivity contribution is 0.174. The smallest absolute Gasteiger partial charge is 0.319 e. The Morgan fingerprint density at radius 1 is 1.17 bits per heavy atom. The van der Waals surface area contributed by atoms with Gasteiger partial charge in [-0.25, -0.2) is 13.6 Å². The van der Waals surface area contributed by atoms with Crippen molar-refractivity contribution >= 4 is 11.7 Å². The number of benzene rings is 2. The van der Waals surface area contributed by atoms with E-state index in [4.69, 9.17) is 0 Å². The molecule has 0 heterocycles. The third-order valence-electron chi connectivity index (χ3n) is 3.38. The molecular formula is C17H18F2N2O2. The summed E-state index contributed by atoms with van der Waals surface area (Å²) in [4.78, 5) is 11.8. The molecule has 0 aliphatic heterocycles. The topological polar surface area (TPSA) is 61.4 Å². The van der Waals surface area contributed by atoms with Gasteiger partial charge in [-0.1, -0.05) is 25.1 Å². The number of amides is 2. The molecule has 23 heavy (non-hydrogen) atoms. The second-order valence-electron chi connectivity index (χ2n) is 5.08. The number of hydrogen-bond acceptors (Lipinski definition) is 2. The van der Waals surface area contributed by atoms with Gasteiger partial charge < -0.3 is 15.7 Å². The van der Waals surface area contributed by atoms with Crippen LogP contribution in [0.25, 0.3) is 0 Å². The highest BCUT2D eigenvalue weighted by Crippen LogP contribution is 2.16. The predicted molar refractivity (Wildman–Crippen MR) is 84.2 cm³/mol. The molecule has 3 N–H and O–H groups in total. The summed E-state index contributed by atoms with van der Waals surface area (Å²) in [5.74, 6) is -2.02. The lowest BCUT2D eigenvalue weighted by atomic mass is 10.1. The number of carbonyl (C=O) groups excluding carboxylic acids is 1. The molecule has 0 aliphatic carbocycles. The van der Waals surface area contributed by atoms with Crippen LogP contribution in [0.5, 0.6) is 0 Å². The van der Waals surface area contributed by atoms with Crippen molar-refractivity contribution in [2.75, 3.05) is 11.9 Å². The van der Waals surface area contributed by atoms with E-state index >= 15 is 0 Å². The van der Waals surface area contributed by atoms with Crippen molar-refractivity contribution in [2.45, 2.75) is 19.4 Å². The Morgan fingerprint density at radius 2 is 1.96 bits per heavy atom. The minimum absolute atomic E-state index is 0.121. The van der Waals surface area contributed by atoms with Crippen molar-refractivity contribution in [3.63, 3.8) is 0 Å². The van der Waals surface area contributed by atoms with Crippen molar-refractivity contribution in [2.24, 2.45) is 0 Å². The van der Waals surface area contributed by atoms with Gasteiger partial charge in [-0.05, 0) is 41.8 Å². The fourth-order valence-corrected chi connectivity index (χ4v) is 2.07. The molecule has 1 atom stereocenters. The Bertz CT molecular complexity index is 692. The highest BCUT2D eigenvalue weighted by molar-refractivity contribution is 5.89. The van der Waals surface area contributed by atoms with Crippen molar-refractivity contribution in [3.8, 4) is 0 Å². The third kappa shape index (κ3) is 4.75. The minimum Gasteiger partial charge on any atom is -0.387 e. The predicted octanol–water partition coefficient (Wildman–Crippen LogP) is 3.38. The first-order valence-electron chi connectivity index (χ1n) is 7.26. The third-order valence-corrected chi connectivity index (χ3v) is 3.38. The van der Waals surface area contributed by atoms with Crippen molar-refractivity contribution in [3.05, 3.63) is 65.2 Å². The highest BCUT2D eigenvalue weighted by Gasteiger charge is 2.12. The molecule has 4 nitrogen and oxygen atoms in total. The maximum absolute atomic E-state index is 13.1. The van der Waals surface area contributed by atoms with Crippen LogP contribution in [-0.2, 0) is 6.42 Å². The monoisotopic (exact) mass is 320 g/mol. The van der Waals surface area contributed by atoms with Gasteiger partial charge in [-0.15, -0.1) is 0 Å². The van der Waals surface area contributed by atoms with Crippen LogP contribution in [0, 0.1) is 11.6 Å². The van der Waals surface area contributed by atoms with Crippen molar-refractivity contribution < 1.29 is 18.7 Å². The first-order chi connectivity index (χ1) is 11.0.